The van der Waals surface area contributed by atoms with Crippen molar-refractivity contribution in [2.45, 2.75) is 218 Å². The van der Waals surface area contributed by atoms with Gasteiger partial charge in [-0.05, 0) is 142 Å². The fourth-order valence-corrected chi connectivity index (χ4v) is 20.1. The summed E-state index contributed by atoms with van der Waals surface area (Å²) in [5, 5.41) is 40.7. The van der Waals surface area contributed by atoms with Gasteiger partial charge in [0.15, 0.2) is 17.0 Å². The average Bonchev–Trinajstić information content (AvgIpc) is 1.72. The van der Waals surface area contributed by atoms with Gasteiger partial charge >= 0.3 is 12.1 Å². The Balaban J connectivity index is 0.487. The minimum absolute atomic E-state index is 0.0415. The fraction of sp³-hybridized carbons (Fsp3) is 0.588. The largest absolute Gasteiger partial charge is 0.459 e. The third-order valence-electron chi connectivity index (χ3n) is 28.3. The summed E-state index contributed by atoms with van der Waals surface area (Å²) in [6.45, 7) is 22.2. The molecule has 16 atom stereocenters. The number of esters is 1. The first kappa shape index (κ1) is 96.9. The molecule has 1 aliphatic carbocycles. The number of oxazole rings is 1. The average molecular weight is 1840 g/mol. The number of ether oxygens (including phenoxy) is 7. The standard InChI is InChI=1S/C97H131N19O17/c1-58-15-11-10-12-16-59(2)78(126-7)49-71-23-18-63(6)97(125,133-71)87(120)91(122)115-28-14-13-17-75(115)92(123)130-80(50-79(127-8)60(3)44-62(5)85(118)86(119)84(117)61(4)43-58)72(98)46-64-20-24-77(81(47-64)128-9)132-96(124)114-30-27-73-70(56-114)53-103-95(107-73)112-37-33-110(34-38-112)40-42-129-41-39-109-31-35-111(36-32-109)94-101-51-69(52-102-94)90(121)113-29-26-66-45-65(19-21-68(66)55-113)54-116-89-82(88(99)104-57-105-89)83(108-116)67-22-25-76-74(48-67)106-93(100)131-76/h10-12,15-16,19,21-22,25,44-45,48,51-53,57-58,60-61,63-64,71-72,75,77-81,85-86,118-119,125H,13-14,17-18,20,23-24,26-43,46-47,49-50,54-56,98H2,1-9H3,(H2,100,106)(H2,99,104,105)/b12-10+,15-11+,59-16+,62-44+/t58-,60-,61-,63-,64+,71+,72-,75+,77-,78+,79-,80+,81-,85-,86+,97-/m1/s1. The van der Waals surface area contributed by atoms with Gasteiger partial charge in [-0.25, -0.2) is 44.2 Å². The van der Waals surface area contributed by atoms with Crippen molar-refractivity contribution >= 4 is 81.3 Å². The van der Waals surface area contributed by atoms with Gasteiger partial charge in [-0.2, -0.15) is 10.1 Å². The van der Waals surface area contributed by atoms with E-state index in [-0.39, 0.29) is 56.1 Å². The number of piperidine rings is 1. The van der Waals surface area contributed by atoms with Crippen LogP contribution in [0.4, 0.5) is 28.5 Å². The summed E-state index contributed by atoms with van der Waals surface area (Å²) < 4.78 is 50.7. The highest BCUT2D eigenvalue weighted by atomic mass is 16.6. The molecule has 4 saturated heterocycles. The number of Topliss-reactive ketones (excluding diaryl/α,β-unsaturated/α-hetero) is 2. The summed E-state index contributed by atoms with van der Waals surface area (Å²) in [4.78, 5) is 132. The number of ketones is 2. The van der Waals surface area contributed by atoms with E-state index in [1.165, 1.54) is 23.9 Å². The van der Waals surface area contributed by atoms with Gasteiger partial charge in [-0.15, -0.1) is 0 Å². The number of methoxy groups -OCH3 is 3. The Morgan fingerprint density at radius 3 is 2.14 bits per heavy atom. The highest BCUT2D eigenvalue weighted by molar-refractivity contribution is 6.39. The second-order valence-electron chi connectivity index (χ2n) is 37.5. The van der Waals surface area contributed by atoms with E-state index in [0.29, 0.717) is 167 Å². The smallest absolute Gasteiger partial charge is 0.410 e. The van der Waals surface area contributed by atoms with Crippen molar-refractivity contribution in [1.29, 1.82) is 0 Å². The number of nitrogen functional groups attached to an aromatic ring is 2. The highest BCUT2D eigenvalue weighted by Gasteiger charge is 2.54. The van der Waals surface area contributed by atoms with Crippen molar-refractivity contribution in [1.82, 2.24) is 69.2 Å². The van der Waals surface area contributed by atoms with Gasteiger partial charge in [0, 0.05) is 186 Å². The molecule has 15 rings (SSSR count). The number of nitrogens with zero attached hydrogens (tertiary/aromatic N) is 16. The van der Waals surface area contributed by atoms with Gasteiger partial charge in [0.2, 0.25) is 17.7 Å². The van der Waals surface area contributed by atoms with Crippen LogP contribution in [-0.2, 0) is 84.8 Å². The maximum Gasteiger partial charge on any atom is 0.410 e. The van der Waals surface area contributed by atoms with Crippen LogP contribution in [0.15, 0.2) is 113 Å². The quantitative estimate of drug-likeness (QED) is 0.0195. The molecule has 5 fully saturated rings. The van der Waals surface area contributed by atoms with Crippen LogP contribution in [0.2, 0.25) is 0 Å². The van der Waals surface area contributed by atoms with Crippen molar-refractivity contribution in [3.8, 4) is 11.3 Å². The molecule has 2 bridgehead atoms. The number of piperazine rings is 2. The summed E-state index contributed by atoms with van der Waals surface area (Å²) >= 11 is 0. The number of hydrogen-bond acceptors (Lipinski definition) is 32. The molecule has 0 radical (unpaired) electrons. The Hall–Kier alpha value is -10.6. The maximum absolute atomic E-state index is 15.0. The maximum atomic E-state index is 15.0. The third kappa shape index (κ3) is 23.0. The summed E-state index contributed by atoms with van der Waals surface area (Å²) in [6.07, 6.45) is 16.0. The molecule has 36 heteroatoms. The van der Waals surface area contributed by atoms with Crippen molar-refractivity contribution in [2.75, 3.05) is 141 Å². The zero-order valence-electron chi connectivity index (χ0n) is 78.0. The van der Waals surface area contributed by atoms with Crippen molar-refractivity contribution in [3.05, 3.63) is 142 Å². The van der Waals surface area contributed by atoms with Gasteiger partial charge in [0.1, 0.15) is 53.8 Å². The van der Waals surface area contributed by atoms with Crippen molar-refractivity contribution < 1.29 is 81.7 Å². The molecule has 9 N–H and O–H groups in total. The molecule has 716 valence electrons. The second-order valence-corrected chi connectivity index (χ2v) is 37.5. The molecule has 7 aromatic rings. The predicted molar refractivity (Wildman–Crippen MR) is 497 cm³/mol. The van der Waals surface area contributed by atoms with E-state index in [2.05, 4.69) is 62.7 Å². The number of benzene rings is 2. The molecule has 0 unspecified atom stereocenters. The molecule has 8 aliphatic rings. The Morgan fingerprint density at radius 2 is 1.40 bits per heavy atom. The second kappa shape index (κ2) is 43.8. The van der Waals surface area contributed by atoms with E-state index >= 15 is 0 Å². The zero-order valence-corrected chi connectivity index (χ0v) is 78.0. The van der Waals surface area contributed by atoms with Gasteiger partial charge in [-0.3, -0.25) is 29.0 Å². The number of nitrogens with two attached hydrogens (primary N) is 3. The van der Waals surface area contributed by atoms with E-state index in [9.17, 15) is 44.1 Å². The number of aliphatic hydroxyl groups excluding tert-OH is 2. The number of aliphatic hydroxyl groups is 3. The minimum Gasteiger partial charge on any atom is -0.459 e. The van der Waals surface area contributed by atoms with Crippen LogP contribution in [0.5, 0.6) is 0 Å². The molecule has 5 aromatic heterocycles. The van der Waals surface area contributed by atoms with Crippen LogP contribution in [0.1, 0.15) is 157 Å². The van der Waals surface area contributed by atoms with Crippen molar-refractivity contribution in [3.63, 3.8) is 0 Å². The van der Waals surface area contributed by atoms with E-state index in [1.807, 2.05) is 79.1 Å². The fourth-order valence-electron chi connectivity index (χ4n) is 20.1. The molecule has 7 aliphatic heterocycles. The predicted octanol–water partition coefficient (Wildman–Crippen LogP) is 7.77. The number of rotatable bonds is 19. The van der Waals surface area contributed by atoms with E-state index < -0.39 is 114 Å². The number of amides is 3. The zero-order chi connectivity index (χ0) is 93.9. The Morgan fingerprint density at radius 1 is 0.677 bits per heavy atom. The molecule has 2 aromatic carbocycles. The van der Waals surface area contributed by atoms with E-state index in [0.717, 1.165) is 99.0 Å². The molecule has 0 spiro atoms. The van der Waals surface area contributed by atoms with E-state index in [4.69, 9.17) is 69.8 Å². The van der Waals surface area contributed by atoms with Crippen molar-refractivity contribution in [2.24, 2.45) is 35.3 Å². The topological polar surface area (TPSA) is 450 Å². The monoisotopic (exact) mass is 1830 g/mol. The summed E-state index contributed by atoms with van der Waals surface area (Å²) in [6, 6.07) is 9.92. The lowest BCUT2D eigenvalue weighted by molar-refractivity contribution is -0.265. The first-order chi connectivity index (χ1) is 64.1. The van der Waals surface area contributed by atoms with Crippen LogP contribution in [-0.4, -0.2) is 306 Å². The van der Waals surface area contributed by atoms with Gasteiger partial charge in [0.25, 0.3) is 23.6 Å². The SMILES string of the molecule is CO[C@H]1C[C@@H]2CC[C@@H](C)[C@@](O)(O2)C(=O)C(=O)N2CCCC[C@H]2C(=O)O[C@H]([C@H](N)C[C@@H]2CC[C@@H](OC(=O)N3CCc4nc(N5CCN(CCOCCN6CCN(c7ncc(C(=O)N8CCc9cc(Cn%10nc(-c%11ccc%12oc(N)nc%12c%11)c%11c(N)ncnc%11%10)ccc9C8)cn7)CC6)CC5)ncc4C3)[C@H](OC)C2)C[C@@H](OC)[C@H](C)/C=C(\C)[C@@H](O)[C@@H](O)C(=O)[C@H](C)C[C@H](C)/C=C/C=C/C=C/1C. The van der Waals surface area contributed by atoms with Crippen LogP contribution in [0, 0.1) is 29.6 Å². The molecule has 133 heavy (non-hydrogen) atoms. The van der Waals surface area contributed by atoms with Crippen LogP contribution in [0.3, 0.4) is 0 Å². The minimum atomic E-state index is -2.49. The normalized spacial score (nSPS) is 29.1. The number of hydrogen-bond donors (Lipinski definition) is 6. The lowest BCUT2D eigenvalue weighted by atomic mass is 9.80. The van der Waals surface area contributed by atoms with E-state index in [1.54, 1.807) is 64.4 Å². The number of aromatic nitrogens is 9. The third-order valence-corrected chi connectivity index (χ3v) is 28.3. The lowest BCUT2D eigenvalue weighted by Gasteiger charge is -2.43. The lowest BCUT2D eigenvalue weighted by Crippen LogP contribution is -2.61. The Labute approximate surface area is 776 Å². The Bertz CT molecular complexity index is 5380. The number of fused-ring (bicyclic) bond motifs is 7. The number of carbonyl (C=O) groups is 6. The van der Waals surface area contributed by atoms with Crippen LogP contribution in [0.25, 0.3) is 33.4 Å². The highest BCUT2D eigenvalue weighted by Crippen LogP contribution is 2.40. The van der Waals surface area contributed by atoms with Gasteiger partial charge < -0.3 is 94.6 Å². The summed E-state index contributed by atoms with van der Waals surface area (Å²) in [5.74, 6) is -6.48. The molecular formula is C97H131N19O17. The first-order valence-corrected chi connectivity index (χ1v) is 47.2. The molecular weight excluding hydrogens is 1700 g/mol. The summed E-state index contributed by atoms with van der Waals surface area (Å²) in [7, 11) is 4.67. The molecule has 12 heterocycles. The molecule has 3 amide bonds. The molecule has 36 nitrogen and oxygen atoms in total. The summed E-state index contributed by atoms with van der Waals surface area (Å²) in [5.41, 5.74) is 29.4. The number of cyclic esters (lactones) is 1. The number of anilines is 4. The number of allylic oxidation sites excluding steroid dienone is 5. The van der Waals surface area contributed by atoms with Gasteiger partial charge in [-0.1, -0.05) is 82.4 Å². The first-order valence-electron chi connectivity index (χ1n) is 47.2. The van der Waals surface area contributed by atoms with Crippen LogP contribution >= 0.6 is 0 Å². The molecule has 1 saturated carbocycles. The number of carbonyl (C=O) groups excluding carboxylic acids is 6. The van der Waals surface area contributed by atoms with Gasteiger partial charge in [0.05, 0.1) is 67.4 Å². The van der Waals surface area contributed by atoms with Crippen LogP contribution < -0.4 is 27.0 Å². The Kier molecular flexibility index (Phi) is 31.9.